The molecule has 124 valence electrons. The van der Waals surface area contributed by atoms with Crippen LogP contribution in [-0.4, -0.2) is 18.8 Å². The molecule has 2 aromatic rings. The second kappa shape index (κ2) is 6.61. The van der Waals surface area contributed by atoms with Crippen LogP contribution in [0.1, 0.15) is 20.8 Å². The van der Waals surface area contributed by atoms with Crippen molar-refractivity contribution in [1.82, 2.24) is 0 Å². The van der Waals surface area contributed by atoms with Gasteiger partial charge in [-0.3, -0.25) is 4.21 Å². The van der Waals surface area contributed by atoms with Crippen LogP contribution in [0.15, 0.2) is 53.4 Å². The molecule has 0 N–H and O–H groups in total. The molecule has 0 heterocycles. The fourth-order valence-corrected chi connectivity index (χ4v) is 3.55. The molecular weight excluding hydrogens is 320 g/mol. The molecule has 0 radical (unpaired) electrons. The van der Waals surface area contributed by atoms with Gasteiger partial charge in [0.15, 0.2) is 0 Å². The van der Waals surface area contributed by atoms with Gasteiger partial charge in [-0.15, -0.1) is 0 Å². The van der Waals surface area contributed by atoms with Gasteiger partial charge >= 0.3 is 0 Å². The molecule has 0 saturated carbocycles. The smallest absolute Gasteiger partial charge is 0.250 e. The minimum atomic E-state index is -1.80. The van der Waals surface area contributed by atoms with Crippen LogP contribution in [0.5, 0.6) is 5.75 Å². The molecule has 0 saturated heterocycles. The van der Waals surface area contributed by atoms with Gasteiger partial charge in [0.2, 0.25) is 8.32 Å². The Balaban J connectivity index is 2.18. The van der Waals surface area contributed by atoms with E-state index in [-0.39, 0.29) is 5.04 Å². The minimum Gasteiger partial charge on any atom is -0.544 e. The topological polar surface area (TPSA) is 26.3 Å². The molecule has 0 aromatic heterocycles. The van der Waals surface area contributed by atoms with Crippen molar-refractivity contribution in [3.8, 4) is 16.9 Å². The second-order valence-electron chi connectivity index (χ2n) is 7.37. The Bertz CT molecular complexity index is 683. The quantitative estimate of drug-likeness (QED) is 0.686. The van der Waals surface area contributed by atoms with Gasteiger partial charge in [0.25, 0.3) is 0 Å². The van der Waals surface area contributed by atoms with E-state index >= 15 is 0 Å². The van der Waals surface area contributed by atoms with Crippen molar-refractivity contribution in [2.45, 2.75) is 43.8 Å². The molecule has 2 nitrogen and oxygen atoms in total. The first kappa shape index (κ1) is 18.0. The number of hydrogen-bond acceptors (Lipinski definition) is 2. The van der Waals surface area contributed by atoms with E-state index in [1.54, 1.807) is 6.26 Å². The SMILES string of the molecule is CS(=O)c1ccc(-c2ccc(O[Si](C)(C)C(C)(C)C)cc2)cc1. The molecule has 0 aliphatic rings. The third-order valence-corrected chi connectivity index (χ3v) is 9.85. The van der Waals surface area contributed by atoms with Gasteiger partial charge in [0.1, 0.15) is 5.75 Å². The van der Waals surface area contributed by atoms with Gasteiger partial charge in [-0.2, -0.15) is 0 Å². The summed E-state index contributed by atoms with van der Waals surface area (Å²) in [6, 6.07) is 16.1. The molecule has 2 rings (SSSR count). The van der Waals surface area contributed by atoms with Gasteiger partial charge in [0, 0.05) is 22.0 Å². The molecule has 0 fully saturated rings. The van der Waals surface area contributed by atoms with E-state index in [9.17, 15) is 4.21 Å². The first-order chi connectivity index (χ1) is 10.6. The highest BCUT2D eigenvalue weighted by Crippen LogP contribution is 2.37. The summed E-state index contributed by atoms with van der Waals surface area (Å²) < 4.78 is 17.8. The molecule has 1 unspecified atom stereocenters. The largest absolute Gasteiger partial charge is 0.544 e. The Morgan fingerprint density at radius 1 is 0.870 bits per heavy atom. The van der Waals surface area contributed by atoms with Crippen molar-refractivity contribution in [3.05, 3.63) is 48.5 Å². The van der Waals surface area contributed by atoms with Gasteiger partial charge in [-0.05, 0) is 53.5 Å². The Labute approximate surface area is 143 Å². The molecule has 23 heavy (non-hydrogen) atoms. The van der Waals surface area contributed by atoms with E-state index in [0.29, 0.717) is 0 Å². The van der Waals surface area contributed by atoms with E-state index in [0.717, 1.165) is 21.8 Å². The number of benzene rings is 2. The fourth-order valence-electron chi connectivity index (χ4n) is 2.00. The summed E-state index contributed by atoms with van der Waals surface area (Å²) in [7, 11) is -2.73. The van der Waals surface area contributed by atoms with Crippen molar-refractivity contribution < 1.29 is 8.63 Å². The van der Waals surface area contributed by atoms with Gasteiger partial charge in [-0.1, -0.05) is 45.0 Å². The van der Waals surface area contributed by atoms with Crippen LogP contribution in [-0.2, 0) is 10.8 Å². The van der Waals surface area contributed by atoms with E-state index in [2.05, 4.69) is 46.0 Å². The van der Waals surface area contributed by atoms with E-state index in [4.69, 9.17) is 4.43 Å². The Hall–Kier alpha value is -1.39. The van der Waals surface area contributed by atoms with Gasteiger partial charge < -0.3 is 4.43 Å². The highest BCUT2D eigenvalue weighted by atomic mass is 32.2. The van der Waals surface area contributed by atoms with Crippen molar-refractivity contribution >= 4 is 19.1 Å². The van der Waals surface area contributed by atoms with Crippen LogP contribution in [0, 0.1) is 0 Å². The Morgan fingerprint density at radius 3 is 1.70 bits per heavy atom. The summed E-state index contributed by atoms with van der Waals surface area (Å²) in [5.41, 5.74) is 2.26. The summed E-state index contributed by atoms with van der Waals surface area (Å²) in [6.45, 7) is 11.2. The lowest BCUT2D eigenvalue weighted by molar-refractivity contribution is 0.492. The van der Waals surface area contributed by atoms with Crippen molar-refractivity contribution in [2.24, 2.45) is 0 Å². The molecule has 1 atom stereocenters. The summed E-state index contributed by atoms with van der Waals surface area (Å²) >= 11 is 0. The van der Waals surface area contributed by atoms with Gasteiger partial charge in [-0.25, -0.2) is 0 Å². The standard InChI is InChI=1S/C19H26O2SSi/c1-19(2,3)23(5,6)21-17-11-7-15(8-12-17)16-9-13-18(14-10-16)22(4)20/h7-14H,1-6H3. The van der Waals surface area contributed by atoms with E-state index < -0.39 is 19.1 Å². The highest BCUT2D eigenvalue weighted by Gasteiger charge is 2.38. The molecule has 0 bridgehead atoms. The zero-order chi connectivity index (χ0) is 17.3. The average molecular weight is 347 g/mol. The van der Waals surface area contributed by atoms with Crippen LogP contribution in [0.4, 0.5) is 0 Å². The lowest BCUT2D eigenvalue weighted by Crippen LogP contribution is -2.43. The van der Waals surface area contributed by atoms with Crippen molar-refractivity contribution in [2.75, 3.05) is 6.26 Å². The average Bonchev–Trinajstić information content (AvgIpc) is 2.46. The molecule has 0 aliphatic heterocycles. The Morgan fingerprint density at radius 2 is 1.30 bits per heavy atom. The zero-order valence-electron chi connectivity index (χ0n) is 14.8. The normalized spacial score (nSPS) is 13.7. The van der Waals surface area contributed by atoms with E-state index in [1.165, 1.54) is 0 Å². The number of hydrogen-bond donors (Lipinski definition) is 0. The van der Waals surface area contributed by atoms with Crippen molar-refractivity contribution in [3.63, 3.8) is 0 Å². The predicted octanol–water partition coefficient (Wildman–Crippen LogP) is 5.48. The van der Waals surface area contributed by atoms with Crippen molar-refractivity contribution in [1.29, 1.82) is 0 Å². The lowest BCUT2D eigenvalue weighted by Gasteiger charge is -2.36. The summed E-state index contributed by atoms with van der Waals surface area (Å²) in [5, 5.41) is 0.192. The van der Waals surface area contributed by atoms with Crippen LogP contribution < -0.4 is 4.43 Å². The summed E-state index contributed by atoms with van der Waals surface area (Å²) in [4.78, 5) is 0.853. The lowest BCUT2D eigenvalue weighted by atomic mass is 10.1. The molecule has 2 aromatic carbocycles. The molecule has 4 heteroatoms. The maximum Gasteiger partial charge on any atom is 0.250 e. The molecule has 0 spiro atoms. The number of rotatable bonds is 4. The van der Waals surface area contributed by atoms with Gasteiger partial charge in [0.05, 0.1) is 0 Å². The fraction of sp³-hybridized carbons (Fsp3) is 0.368. The first-order valence-corrected chi connectivity index (χ1v) is 12.3. The first-order valence-electron chi connectivity index (χ1n) is 7.83. The van der Waals surface area contributed by atoms with Crippen LogP contribution >= 0.6 is 0 Å². The van der Waals surface area contributed by atoms with Crippen LogP contribution in [0.3, 0.4) is 0 Å². The monoisotopic (exact) mass is 346 g/mol. The highest BCUT2D eigenvalue weighted by molar-refractivity contribution is 7.84. The van der Waals surface area contributed by atoms with E-state index in [1.807, 2.05) is 36.4 Å². The molecule has 0 amide bonds. The third kappa shape index (κ3) is 4.33. The second-order valence-corrected chi connectivity index (χ2v) is 13.5. The van der Waals surface area contributed by atoms with Crippen LogP contribution in [0.25, 0.3) is 11.1 Å². The summed E-state index contributed by atoms with van der Waals surface area (Å²) in [6.07, 6.45) is 1.70. The predicted molar refractivity (Wildman–Crippen MR) is 102 cm³/mol. The zero-order valence-corrected chi connectivity index (χ0v) is 16.7. The Kier molecular flexibility index (Phi) is 5.16. The summed E-state index contributed by atoms with van der Waals surface area (Å²) in [5.74, 6) is 0.937. The minimum absolute atomic E-state index is 0.192. The maximum absolute atomic E-state index is 11.5. The molecule has 0 aliphatic carbocycles. The maximum atomic E-state index is 11.5. The third-order valence-electron chi connectivity index (χ3n) is 4.55. The van der Waals surface area contributed by atoms with Crippen LogP contribution in [0.2, 0.25) is 18.1 Å². The molecular formula is C19H26O2SSi.